The predicted molar refractivity (Wildman–Crippen MR) is 89.2 cm³/mol. The van der Waals surface area contributed by atoms with E-state index in [2.05, 4.69) is 20.8 Å². The van der Waals surface area contributed by atoms with Gasteiger partial charge in [0.1, 0.15) is 5.60 Å². The van der Waals surface area contributed by atoms with Gasteiger partial charge in [-0.2, -0.15) is 0 Å². The van der Waals surface area contributed by atoms with Crippen molar-refractivity contribution < 1.29 is 9.53 Å². The van der Waals surface area contributed by atoms with Crippen molar-refractivity contribution in [3.05, 3.63) is 27.7 Å². The van der Waals surface area contributed by atoms with Gasteiger partial charge in [-0.25, -0.2) is 4.79 Å². The van der Waals surface area contributed by atoms with Crippen molar-refractivity contribution >= 4 is 39.3 Å². The molecule has 0 spiro atoms. The lowest BCUT2D eigenvalue weighted by Crippen LogP contribution is -2.50. The molecule has 0 bridgehead atoms. The van der Waals surface area contributed by atoms with E-state index in [-0.39, 0.29) is 6.09 Å². The van der Waals surface area contributed by atoms with Crippen LogP contribution in [0.5, 0.6) is 0 Å². The first-order chi connectivity index (χ1) is 9.76. The molecule has 1 fully saturated rings. The zero-order valence-corrected chi connectivity index (χ0v) is 14.9. The summed E-state index contributed by atoms with van der Waals surface area (Å²) >= 11 is 9.50. The Bertz CT molecular complexity index is 523. The van der Waals surface area contributed by atoms with Gasteiger partial charge in [-0.3, -0.25) is 0 Å². The topological polar surface area (TPSA) is 32.8 Å². The first-order valence-electron chi connectivity index (χ1n) is 6.94. The van der Waals surface area contributed by atoms with Crippen LogP contribution in [0.4, 0.5) is 10.5 Å². The van der Waals surface area contributed by atoms with Gasteiger partial charge in [0, 0.05) is 35.7 Å². The van der Waals surface area contributed by atoms with E-state index in [1.165, 1.54) is 0 Å². The fraction of sp³-hybridized carbons (Fsp3) is 0.533. The first kappa shape index (κ1) is 16.4. The highest BCUT2D eigenvalue weighted by molar-refractivity contribution is 9.10. The fourth-order valence-electron chi connectivity index (χ4n) is 2.19. The Balaban J connectivity index is 1.95. The number of anilines is 1. The van der Waals surface area contributed by atoms with Crippen LogP contribution in [0, 0.1) is 0 Å². The van der Waals surface area contributed by atoms with Crippen LogP contribution in [0.1, 0.15) is 20.8 Å². The van der Waals surface area contributed by atoms with Crippen molar-refractivity contribution in [2.45, 2.75) is 26.4 Å². The molecule has 116 valence electrons. The van der Waals surface area contributed by atoms with E-state index >= 15 is 0 Å². The largest absolute Gasteiger partial charge is 0.444 e. The molecule has 2 rings (SSSR count). The number of benzene rings is 1. The molecule has 1 saturated heterocycles. The number of piperazine rings is 1. The Morgan fingerprint density at radius 1 is 1.24 bits per heavy atom. The van der Waals surface area contributed by atoms with Crippen LogP contribution in [0.2, 0.25) is 5.02 Å². The highest BCUT2D eigenvalue weighted by Gasteiger charge is 2.26. The van der Waals surface area contributed by atoms with Gasteiger partial charge in [0.2, 0.25) is 0 Å². The SMILES string of the molecule is CC(C)(C)OC(=O)N1CCN(c2ccc(Cl)cc2Br)CC1. The van der Waals surface area contributed by atoms with Crippen LogP contribution in [-0.4, -0.2) is 42.8 Å². The second-order valence-electron chi connectivity index (χ2n) is 6.05. The Labute approximate surface area is 139 Å². The van der Waals surface area contributed by atoms with Crippen molar-refractivity contribution in [1.82, 2.24) is 4.90 Å². The second-order valence-corrected chi connectivity index (χ2v) is 7.34. The van der Waals surface area contributed by atoms with E-state index in [9.17, 15) is 4.79 Å². The Morgan fingerprint density at radius 2 is 1.86 bits per heavy atom. The quantitative estimate of drug-likeness (QED) is 0.739. The zero-order chi connectivity index (χ0) is 15.6. The number of ether oxygens (including phenoxy) is 1. The average molecular weight is 376 g/mol. The molecule has 1 amide bonds. The maximum Gasteiger partial charge on any atom is 0.410 e. The summed E-state index contributed by atoms with van der Waals surface area (Å²) in [5.74, 6) is 0. The molecule has 0 radical (unpaired) electrons. The maximum absolute atomic E-state index is 12.0. The van der Waals surface area contributed by atoms with E-state index in [4.69, 9.17) is 16.3 Å². The number of carbonyl (C=O) groups is 1. The zero-order valence-electron chi connectivity index (χ0n) is 12.5. The van der Waals surface area contributed by atoms with Crippen LogP contribution < -0.4 is 4.90 Å². The molecule has 1 aromatic carbocycles. The maximum atomic E-state index is 12.0. The highest BCUT2D eigenvalue weighted by atomic mass is 79.9. The van der Waals surface area contributed by atoms with Gasteiger partial charge in [-0.05, 0) is 54.9 Å². The second kappa shape index (κ2) is 6.44. The van der Waals surface area contributed by atoms with Gasteiger partial charge in [0.25, 0.3) is 0 Å². The molecule has 1 heterocycles. The van der Waals surface area contributed by atoms with E-state index in [0.717, 1.165) is 23.2 Å². The van der Waals surface area contributed by atoms with Crippen molar-refractivity contribution in [3.8, 4) is 0 Å². The summed E-state index contributed by atoms with van der Waals surface area (Å²) in [5, 5.41) is 0.706. The van der Waals surface area contributed by atoms with Crippen LogP contribution in [0.25, 0.3) is 0 Å². The van der Waals surface area contributed by atoms with Crippen LogP contribution in [0.3, 0.4) is 0 Å². The van der Waals surface area contributed by atoms with Crippen molar-refractivity contribution in [2.24, 2.45) is 0 Å². The first-order valence-corrected chi connectivity index (χ1v) is 8.11. The molecule has 1 aromatic rings. The molecule has 0 saturated carbocycles. The summed E-state index contributed by atoms with van der Waals surface area (Å²) in [6, 6.07) is 5.76. The molecule has 0 N–H and O–H groups in total. The lowest BCUT2D eigenvalue weighted by Gasteiger charge is -2.37. The average Bonchev–Trinajstić information content (AvgIpc) is 2.37. The summed E-state index contributed by atoms with van der Waals surface area (Å²) < 4.78 is 6.37. The van der Waals surface area contributed by atoms with E-state index in [0.29, 0.717) is 18.1 Å². The predicted octanol–water partition coefficient (Wildman–Crippen LogP) is 4.16. The molecule has 1 aliphatic heterocycles. The molecule has 0 unspecified atom stereocenters. The van der Waals surface area contributed by atoms with Crippen LogP contribution >= 0.6 is 27.5 Å². The normalized spacial score (nSPS) is 16.0. The summed E-state index contributed by atoms with van der Waals surface area (Å²) in [7, 11) is 0. The molecule has 1 aliphatic rings. The van der Waals surface area contributed by atoms with Crippen LogP contribution in [0.15, 0.2) is 22.7 Å². The van der Waals surface area contributed by atoms with Gasteiger partial charge < -0.3 is 14.5 Å². The standard InChI is InChI=1S/C15H20BrClN2O2/c1-15(2,3)21-14(20)19-8-6-18(7-9-19)13-5-4-11(17)10-12(13)16/h4-5,10H,6-9H2,1-3H3. The number of hydrogen-bond acceptors (Lipinski definition) is 3. The fourth-order valence-corrected chi connectivity index (χ4v) is 3.13. The van der Waals surface area contributed by atoms with E-state index in [1.807, 2.05) is 39.0 Å². The minimum Gasteiger partial charge on any atom is -0.444 e. The Hall–Kier alpha value is -0.940. The molecule has 0 atom stereocenters. The summed E-state index contributed by atoms with van der Waals surface area (Å²) in [6.45, 7) is 8.51. The number of amides is 1. The number of nitrogens with zero attached hydrogens (tertiary/aromatic N) is 2. The van der Waals surface area contributed by atoms with Crippen molar-refractivity contribution in [3.63, 3.8) is 0 Å². The molecule has 0 aliphatic carbocycles. The summed E-state index contributed by atoms with van der Waals surface area (Å²) in [6.07, 6.45) is -0.239. The molecule has 21 heavy (non-hydrogen) atoms. The molecule has 6 heteroatoms. The van der Waals surface area contributed by atoms with Crippen LogP contribution in [-0.2, 0) is 4.74 Å². The summed E-state index contributed by atoms with van der Waals surface area (Å²) in [4.78, 5) is 16.0. The summed E-state index contributed by atoms with van der Waals surface area (Å²) in [5.41, 5.74) is 0.649. The Kier molecular flexibility index (Phi) is 5.04. The van der Waals surface area contributed by atoms with Gasteiger partial charge in [0.15, 0.2) is 0 Å². The number of halogens is 2. The minimum atomic E-state index is -0.451. The molecule has 4 nitrogen and oxygen atoms in total. The van der Waals surface area contributed by atoms with Crippen molar-refractivity contribution in [1.29, 1.82) is 0 Å². The number of hydrogen-bond donors (Lipinski definition) is 0. The van der Waals surface area contributed by atoms with Gasteiger partial charge >= 0.3 is 6.09 Å². The highest BCUT2D eigenvalue weighted by Crippen LogP contribution is 2.30. The molecule has 0 aromatic heterocycles. The third-order valence-corrected chi connectivity index (χ3v) is 4.05. The van der Waals surface area contributed by atoms with E-state index in [1.54, 1.807) is 4.90 Å². The minimum absolute atomic E-state index is 0.239. The third kappa shape index (κ3) is 4.51. The van der Waals surface area contributed by atoms with Gasteiger partial charge in [-0.1, -0.05) is 11.6 Å². The number of rotatable bonds is 1. The van der Waals surface area contributed by atoms with E-state index < -0.39 is 5.60 Å². The lowest BCUT2D eigenvalue weighted by molar-refractivity contribution is 0.0240. The molecular weight excluding hydrogens is 356 g/mol. The lowest BCUT2D eigenvalue weighted by atomic mass is 10.2. The van der Waals surface area contributed by atoms with Gasteiger partial charge in [0.05, 0.1) is 5.69 Å². The molecular formula is C15H20BrClN2O2. The van der Waals surface area contributed by atoms with Gasteiger partial charge in [-0.15, -0.1) is 0 Å². The smallest absolute Gasteiger partial charge is 0.410 e. The monoisotopic (exact) mass is 374 g/mol. The number of carbonyl (C=O) groups excluding carboxylic acids is 1. The van der Waals surface area contributed by atoms with Crippen molar-refractivity contribution in [2.75, 3.05) is 31.1 Å². The third-order valence-electron chi connectivity index (χ3n) is 3.18. The Morgan fingerprint density at radius 3 is 2.38 bits per heavy atom.